The number of thioether (sulfide) groups is 2. The molecule has 0 unspecified atom stereocenters. The van der Waals surface area contributed by atoms with Crippen LogP contribution in [0.3, 0.4) is 0 Å². The lowest BCUT2D eigenvalue weighted by Gasteiger charge is -2.31. The third-order valence-corrected chi connectivity index (χ3v) is 11.5. The number of nitrogens with one attached hydrogen (secondary N) is 1. The van der Waals surface area contributed by atoms with Gasteiger partial charge in [-0.2, -0.15) is 15.0 Å². The number of hydrogen-bond acceptors (Lipinski definition) is 7. The highest BCUT2D eigenvalue weighted by Crippen LogP contribution is 2.44. The zero-order chi connectivity index (χ0) is 33.8. The van der Waals surface area contributed by atoms with Gasteiger partial charge in [0.05, 0.1) is 0 Å². The molecule has 0 radical (unpaired) electrons. The topological polar surface area (TPSA) is 70.9 Å². The van der Waals surface area contributed by atoms with Gasteiger partial charge in [0.2, 0.25) is 5.95 Å². The number of aromatic nitrogens is 3. The number of phenolic OH excluding ortho intramolecular Hbond substituents is 1. The van der Waals surface area contributed by atoms with Crippen LogP contribution in [0, 0.1) is 0 Å². The molecule has 7 heteroatoms. The van der Waals surface area contributed by atoms with Crippen LogP contribution in [-0.2, 0) is 10.8 Å². The van der Waals surface area contributed by atoms with Crippen molar-refractivity contribution in [3.05, 3.63) is 23.3 Å². The Kier molecular flexibility index (Phi) is 19.7. The molecule has 0 aliphatic heterocycles. The zero-order valence-corrected chi connectivity index (χ0v) is 32.5. The lowest BCUT2D eigenvalue weighted by Crippen LogP contribution is -2.21. The van der Waals surface area contributed by atoms with Crippen LogP contribution >= 0.6 is 23.5 Å². The summed E-state index contributed by atoms with van der Waals surface area (Å²) in [5.74, 6) is 3.08. The molecule has 0 saturated heterocycles. The maximum absolute atomic E-state index is 11.5. The summed E-state index contributed by atoms with van der Waals surface area (Å²) in [7, 11) is 0. The molecule has 1 aromatic carbocycles. The fourth-order valence-electron chi connectivity index (χ4n) is 5.57. The fraction of sp³-hybridized carbons (Fsp3) is 0.769. The molecule has 0 spiro atoms. The standard InChI is InChI=1S/C39H68N4OS2/c1-9-13-15-17-19-21-23-25-27-45-36-41-35(42-37(43-36)46-28-26-24-22-20-18-16-14-10-2)40-31-29-32(38(5,6)11-3)34(44)33(30-31)39(7,8)12-4/h29-30,44H,9-28H2,1-8H3,(H,40,41,42,43). The average molecular weight is 673 g/mol. The van der Waals surface area contributed by atoms with Gasteiger partial charge in [-0.1, -0.05) is 169 Å². The van der Waals surface area contributed by atoms with Gasteiger partial charge in [0, 0.05) is 28.3 Å². The van der Waals surface area contributed by atoms with Crippen LogP contribution in [0.2, 0.25) is 0 Å². The van der Waals surface area contributed by atoms with Crippen molar-refractivity contribution >= 4 is 35.2 Å². The van der Waals surface area contributed by atoms with E-state index in [1.165, 1.54) is 103 Å². The lowest BCUT2D eigenvalue weighted by atomic mass is 9.75. The lowest BCUT2D eigenvalue weighted by molar-refractivity contribution is 0.400. The summed E-state index contributed by atoms with van der Waals surface area (Å²) in [5.41, 5.74) is 2.55. The molecule has 5 nitrogen and oxygen atoms in total. The molecule has 1 aromatic heterocycles. The predicted octanol–water partition coefficient (Wildman–Crippen LogP) is 13.2. The van der Waals surface area contributed by atoms with Crippen LogP contribution in [0.4, 0.5) is 11.6 Å². The van der Waals surface area contributed by atoms with Crippen LogP contribution in [0.5, 0.6) is 5.75 Å². The first kappa shape index (κ1) is 40.7. The molecule has 0 amide bonds. The molecular formula is C39H68N4OS2. The first-order valence-electron chi connectivity index (χ1n) is 18.7. The Morgan fingerprint density at radius 3 is 1.30 bits per heavy atom. The van der Waals surface area contributed by atoms with E-state index >= 15 is 0 Å². The maximum Gasteiger partial charge on any atom is 0.232 e. The minimum absolute atomic E-state index is 0.159. The van der Waals surface area contributed by atoms with E-state index in [-0.39, 0.29) is 10.8 Å². The van der Waals surface area contributed by atoms with Gasteiger partial charge in [0.25, 0.3) is 0 Å². The fourth-order valence-corrected chi connectivity index (χ4v) is 7.29. The summed E-state index contributed by atoms with van der Waals surface area (Å²) in [6, 6.07) is 4.19. The van der Waals surface area contributed by atoms with E-state index in [1.54, 1.807) is 23.5 Å². The number of unbranched alkanes of at least 4 members (excludes halogenated alkanes) is 14. The first-order valence-corrected chi connectivity index (χ1v) is 20.7. The van der Waals surface area contributed by atoms with E-state index in [1.807, 2.05) is 0 Å². The molecular weight excluding hydrogens is 605 g/mol. The van der Waals surface area contributed by atoms with E-state index in [2.05, 4.69) is 72.8 Å². The van der Waals surface area contributed by atoms with Gasteiger partial charge in [-0.05, 0) is 48.6 Å². The van der Waals surface area contributed by atoms with E-state index < -0.39 is 0 Å². The second kappa shape index (κ2) is 22.2. The van der Waals surface area contributed by atoms with Crippen LogP contribution in [0.25, 0.3) is 0 Å². The highest BCUT2D eigenvalue weighted by atomic mass is 32.2. The number of benzene rings is 1. The summed E-state index contributed by atoms with van der Waals surface area (Å²) < 4.78 is 0. The van der Waals surface area contributed by atoms with Crippen LogP contribution in [0.1, 0.15) is 182 Å². The van der Waals surface area contributed by atoms with E-state index in [4.69, 9.17) is 15.0 Å². The van der Waals surface area contributed by atoms with Crippen molar-refractivity contribution in [2.45, 2.75) is 192 Å². The van der Waals surface area contributed by atoms with Gasteiger partial charge >= 0.3 is 0 Å². The molecule has 2 aromatic rings. The molecule has 2 N–H and O–H groups in total. The summed E-state index contributed by atoms with van der Waals surface area (Å²) >= 11 is 3.51. The zero-order valence-electron chi connectivity index (χ0n) is 30.9. The summed E-state index contributed by atoms with van der Waals surface area (Å²) in [4.78, 5) is 14.7. The maximum atomic E-state index is 11.5. The van der Waals surface area contributed by atoms with Crippen molar-refractivity contribution in [2.75, 3.05) is 16.8 Å². The van der Waals surface area contributed by atoms with E-state index in [0.717, 1.165) is 51.5 Å². The Labute approximate surface area is 292 Å². The molecule has 0 aliphatic rings. The summed E-state index contributed by atoms with van der Waals surface area (Å²) in [6.45, 7) is 17.7. The third-order valence-electron chi connectivity index (χ3n) is 9.64. The second-order valence-corrected chi connectivity index (χ2v) is 16.5. The molecule has 2 rings (SSSR count). The Balaban J connectivity index is 2.18. The molecule has 0 bridgehead atoms. The molecule has 0 saturated carbocycles. The van der Waals surface area contributed by atoms with Crippen molar-refractivity contribution in [3.63, 3.8) is 0 Å². The molecule has 0 atom stereocenters. The minimum atomic E-state index is -0.159. The van der Waals surface area contributed by atoms with Crippen molar-refractivity contribution in [2.24, 2.45) is 0 Å². The molecule has 0 fully saturated rings. The summed E-state index contributed by atoms with van der Waals surface area (Å²) in [5, 5.41) is 16.6. The van der Waals surface area contributed by atoms with Gasteiger partial charge in [0.15, 0.2) is 10.3 Å². The molecule has 46 heavy (non-hydrogen) atoms. The van der Waals surface area contributed by atoms with Crippen molar-refractivity contribution < 1.29 is 5.11 Å². The Morgan fingerprint density at radius 1 is 0.565 bits per heavy atom. The minimum Gasteiger partial charge on any atom is -0.507 e. The third kappa shape index (κ3) is 14.7. The molecule has 1 heterocycles. The van der Waals surface area contributed by atoms with E-state index in [0.29, 0.717) is 11.7 Å². The van der Waals surface area contributed by atoms with Gasteiger partial charge in [-0.25, -0.2) is 0 Å². The van der Waals surface area contributed by atoms with Crippen LogP contribution in [-0.4, -0.2) is 31.6 Å². The summed E-state index contributed by atoms with van der Waals surface area (Å²) in [6.07, 6.45) is 23.0. The highest BCUT2D eigenvalue weighted by molar-refractivity contribution is 7.99. The van der Waals surface area contributed by atoms with Crippen molar-refractivity contribution in [3.8, 4) is 5.75 Å². The Morgan fingerprint density at radius 2 is 0.935 bits per heavy atom. The smallest absolute Gasteiger partial charge is 0.232 e. The average Bonchev–Trinajstić information content (AvgIpc) is 3.03. The largest absolute Gasteiger partial charge is 0.507 e. The first-order chi connectivity index (χ1) is 22.1. The highest BCUT2D eigenvalue weighted by Gasteiger charge is 2.30. The van der Waals surface area contributed by atoms with Crippen molar-refractivity contribution in [1.82, 2.24) is 15.0 Å². The number of rotatable bonds is 26. The van der Waals surface area contributed by atoms with Gasteiger partial charge in [-0.15, -0.1) is 0 Å². The Hall–Kier alpha value is -1.47. The predicted molar refractivity (Wildman–Crippen MR) is 205 cm³/mol. The number of nitrogens with zero attached hydrogens (tertiary/aromatic N) is 3. The number of anilines is 2. The van der Waals surface area contributed by atoms with Crippen molar-refractivity contribution in [1.29, 1.82) is 0 Å². The normalized spacial score (nSPS) is 12.2. The Bertz CT molecular complexity index is 1040. The van der Waals surface area contributed by atoms with Gasteiger partial charge in [-0.3, -0.25) is 0 Å². The molecule has 0 aliphatic carbocycles. The monoisotopic (exact) mass is 672 g/mol. The SMILES string of the molecule is CCCCCCCCCCSc1nc(Nc2cc(C(C)(C)CC)c(O)c(C(C)(C)CC)c2)nc(SCCCCCCCCCC)n1. The number of phenols is 1. The number of aromatic hydroxyl groups is 1. The van der Waals surface area contributed by atoms with Crippen LogP contribution in [0.15, 0.2) is 22.4 Å². The van der Waals surface area contributed by atoms with E-state index in [9.17, 15) is 5.11 Å². The quantitative estimate of drug-likeness (QED) is 0.0585. The van der Waals surface area contributed by atoms with Crippen LogP contribution < -0.4 is 5.32 Å². The van der Waals surface area contributed by atoms with Gasteiger partial charge in [0.1, 0.15) is 5.75 Å². The second-order valence-electron chi connectivity index (χ2n) is 14.4. The van der Waals surface area contributed by atoms with Gasteiger partial charge < -0.3 is 10.4 Å². The number of hydrogen-bond donors (Lipinski definition) is 2. The molecule has 262 valence electrons.